The molecule has 3 rings (SSSR count). The van der Waals surface area contributed by atoms with Crippen LogP contribution in [0.4, 0.5) is 11.8 Å². The van der Waals surface area contributed by atoms with Crippen molar-refractivity contribution >= 4 is 22.8 Å². The van der Waals surface area contributed by atoms with Crippen molar-refractivity contribution in [3.63, 3.8) is 0 Å². The van der Waals surface area contributed by atoms with E-state index >= 15 is 0 Å². The summed E-state index contributed by atoms with van der Waals surface area (Å²) >= 11 is 0. The van der Waals surface area contributed by atoms with Crippen LogP contribution in [0, 0.1) is 13.8 Å². The molecule has 0 bridgehead atoms. The molecule has 3 N–H and O–H groups in total. The minimum Gasteiger partial charge on any atom is -0.383 e. The number of rotatable bonds is 2. The van der Waals surface area contributed by atoms with Crippen LogP contribution in [0.25, 0.3) is 11.0 Å². The molecular formula is C14H20N6. The van der Waals surface area contributed by atoms with Crippen LogP contribution in [0.3, 0.4) is 0 Å². The Morgan fingerprint density at radius 1 is 1.30 bits per heavy atom. The number of pyridine rings is 1. The molecule has 0 saturated carbocycles. The molecule has 0 radical (unpaired) electrons. The number of nitrogen functional groups attached to an aromatic ring is 1. The van der Waals surface area contributed by atoms with Crippen molar-refractivity contribution in [2.75, 3.05) is 31.2 Å². The lowest BCUT2D eigenvalue weighted by Crippen LogP contribution is -2.24. The summed E-state index contributed by atoms with van der Waals surface area (Å²) in [5.41, 5.74) is 8.75. The molecule has 1 aliphatic heterocycles. The highest BCUT2D eigenvalue weighted by Gasteiger charge is 2.20. The molecule has 0 unspecified atom stereocenters. The van der Waals surface area contributed by atoms with Gasteiger partial charge in [-0.2, -0.15) is 9.97 Å². The first-order chi connectivity index (χ1) is 9.52. The Labute approximate surface area is 118 Å². The van der Waals surface area contributed by atoms with Gasteiger partial charge in [-0.3, -0.25) is 0 Å². The van der Waals surface area contributed by atoms with E-state index in [1.54, 1.807) is 0 Å². The lowest BCUT2D eigenvalue weighted by molar-refractivity contribution is 0.414. The van der Waals surface area contributed by atoms with Gasteiger partial charge in [-0.1, -0.05) is 0 Å². The van der Waals surface area contributed by atoms with Crippen LogP contribution in [-0.4, -0.2) is 46.0 Å². The Morgan fingerprint density at radius 2 is 2.10 bits per heavy atom. The summed E-state index contributed by atoms with van der Waals surface area (Å²) in [6.45, 7) is 6.07. The van der Waals surface area contributed by atoms with Crippen LogP contribution in [0.5, 0.6) is 0 Å². The van der Waals surface area contributed by atoms with E-state index in [2.05, 4.69) is 32.2 Å². The molecule has 1 fully saturated rings. The number of likely N-dealkylation sites (tertiary alicyclic amines) is 1. The summed E-state index contributed by atoms with van der Waals surface area (Å²) in [6, 6.07) is 2.38. The second-order valence-electron chi connectivity index (χ2n) is 5.60. The fourth-order valence-corrected chi connectivity index (χ4v) is 2.81. The fraction of sp³-hybridized carbons (Fsp3) is 0.500. The molecule has 6 nitrogen and oxygen atoms in total. The lowest BCUT2D eigenvalue weighted by atomic mass is 10.1. The molecule has 0 amide bonds. The van der Waals surface area contributed by atoms with Crippen molar-refractivity contribution in [1.82, 2.24) is 19.9 Å². The second-order valence-corrected chi connectivity index (χ2v) is 5.60. The van der Waals surface area contributed by atoms with E-state index in [4.69, 9.17) is 5.73 Å². The van der Waals surface area contributed by atoms with Gasteiger partial charge in [0.05, 0.1) is 5.39 Å². The zero-order chi connectivity index (χ0) is 14.3. The third-order valence-electron chi connectivity index (χ3n) is 3.74. The van der Waals surface area contributed by atoms with E-state index in [0.29, 0.717) is 23.5 Å². The molecule has 0 aliphatic carbocycles. The molecule has 0 spiro atoms. The Kier molecular flexibility index (Phi) is 3.17. The smallest absolute Gasteiger partial charge is 0.226 e. The molecule has 1 saturated heterocycles. The second kappa shape index (κ2) is 4.86. The molecule has 2 aromatic heterocycles. The zero-order valence-electron chi connectivity index (χ0n) is 12.1. The average molecular weight is 272 g/mol. The maximum atomic E-state index is 6.07. The molecule has 0 aromatic carbocycles. The van der Waals surface area contributed by atoms with Gasteiger partial charge >= 0.3 is 0 Å². The highest BCUT2D eigenvalue weighted by Crippen LogP contribution is 2.23. The summed E-state index contributed by atoms with van der Waals surface area (Å²) in [7, 11) is 2.12. The average Bonchev–Trinajstić information content (AvgIpc) is 2.73. The van der Waals surface area contributed by atoms with Gasteiger partial charge in [0.2, 0.25) is 5.95 Å². The monoisotopic (exact) mass is 272 g/mol. The van der Waals surface area contributed by atoms with Crippen molar-refractivity contribution in [3.8, 4) is 0 Å². The minimum absolute atomic E-state index is 0.378. The normalized spacial score (nSPS) is 19.6. The number of aryl methyl sites for hydroxylation is 2. The first-order valence-electron chi connectivity index (χ1n) is 6.89. The predicted molar refractivity (Wildman–Crippen MR) is 80.7 cm³/mol. The van der Waals surface area contributed by atoms with Crippen LogP contribution < -0.4 is 11.1 Å². The molecule has 106 valence electrons. The molecule has 1 atom stereocenters. The van der Waals surface area contributed by atoms with Crippen molar-refractivity contribution in [2.45, 2.75) is 26.3 Å². The SMILES string of the molecule is Cc1cc(C)c2c(N)nc(N[C@@H]3CCN(C)C3)nc2n1. The number of nitrogens with two attached hydrogens (primary N) is 1. The minimum atomic E-state index is 0.378. The molecule has 2 aromatic rings. The van der Waals surface area contributed by atoms with Gasteiger partial charge in [0, 0.05) is 18.3 Å². The Hall–Kier alpha value is -1.95. The number of nitrogens with zero attached hydrogens (tertiary/aromatic N) is 4. The van der Waals surface area contributed by atoms with Crippen molar-refractivity contribution in [1.29, 1.82) is 0 Å². The van der Waals surface area contributed by atoms with Crippen molar-refractivity contribution in [2.24, 2.45) is 0 Å². The highest BCUT2D eigenvalue weighted by molar-refractivity contribution is 5.89. The topological polar surface area (TPSA) is 80.0 Å². The third kappa shape index (κ3) is 2.38. The summed E-state index contributed by atoms with van der Waals surface area (Å²) in [6.07, 6.45) is 1.10. The van der Waals surface area contributed by atoms with E-state index in [-0.39, 0.29) is 0 Å². The maximum Gasteiger partial charge on any atom is 0.226 e. The van der Waals surface area contributed by atoms with E-state index < -0.39 is 0 Å². The predicted octanol–water partition coefficient (Wildman–Crippen LogP) is 1.34. The first-order valence-corrected chi connectivity index (χ1v) is 6.89. The van der Waals surface area contributed by atoms with E-state index in [0.717, 1.165) is 36.2 Å². The van der Waals surface area contributed by atoms with Gasteiger partial charge in [-0.15, -0.1) is 0 Å². The molecule has 6 heteroatoms. The van der Waals surface area contributed by atoms with E-state index in [9.17, 15) is 0 Å². The van der Waals surface area contributed by atoms with Gasteiger partial charge < -0.3 is 16.0 Å². The standard InChI is InChI=1S/C14H20N6/c1-8-6-9(2)16-13-11(8)12(15)18-14(19-13)17-10-4-5-20(3)7-10/h6,10H,4-5,7H2,1-3H3,(H3,15,16,17,18,19)/t10-/m1/s1. The fourth-order valence-electron chi connectivity index (χ4n) is 2.81. The van der Waals surface area contributed by atoms with Crippen molar-refractivity contribution < 1.29 is 0 Å². The quantitative estimate of drug-likeness (QED) is 0.859. The van der Waals surface area contributed by atoms with Crippen LogP contribution in [-0.2, 0) is 0 Å². The van der Waals surface area contributed by atoms with Gasteiger partial charge in [0.1, 0.15) is 5.82 Å². The van der Waals surface area contributed by atoms with Gasteiger partial charge in [0.25, 0.3) is 0 Å². The van der Waals surface area contributed by atoms with Crippen LogP contribution in [0.1, 0.15) is 17.7 Å². The van der Waals surface area contributed by atoms with Gasteiger partial charge in [-0.05, 0) is 45.5 Å². The van der Waals surface area contributed by atoms with Gasteiger partial charge in [0.15, 0.2) is 5.65 Å². The third-order valence-corrected chi connectivity index (χ3v) is 3.74. The Morgan fingerprint density at radius 3 is 2.80 bits per heavy atom. The summed E-state index contributed by atoms with van der Waals surface area (Å²) in [4.78, 5) is 15.6. The maximum absolute atomic E-state index is 6.07. The summed E-state index contributed by atoms with van der Waals surface area (Å²) in [5.74, 6) is 1.07. The number of likely N-dealkylation sites (N-methyl/N-ethyl adjacent to an activating group) is 1. The molecule has 3 heterocycles. The largest absolute Gasteiger partial charge is 0.383 e. The lowest BCUT2D eigenvalue weighted by Gasteiger charge is -2.14. The van der Waals surface area contributed by atoms with Crippen LogP contribution in [0.2, 0.25) is 0 Å². The number of aromatic nitrogens is 3. The highest BCUT2D eigenvalue weighted by atomic mass is 15.2. The Bertz CT molecular complexity index is 654. The number of hydrogen-bond donors (Lipinski definition) is 2. The van der Waals surface area contributed by atoms with E-state index in [1.807, 2.05) is 19.9 Å². The first kappa shape index (κ1) is 13.1. The molecular weight excluding hydrogens is 252 g/mol. The Balaban J connectivity index is 1.97. The number of hydrogen-bond acceptors (Lipinski definition) is 6. The van der Waals surface area contributed by atoms with Crippen LogP contribution >= 0.6 is 0 Å². The number of fused-ring (bicyclic) bond motifs is 1. The number of nitrogens with one attached hydrogen (secondary N) is 1. The van der Waals surface area contributed by atoms with Crippen LogP contribution in [0.15, 0.2) is 6.07 Å². The molecule has 1 aliphatic rings. The molecule has 20 heavy (non-hydrogen) atoms. The summed E-state index contributed by atoms with van der Waals surface area (Å²) < 4.78 is 0. The zero-order valence-corrected chi connectivity index (χ0v) is 12.1. The van der Waals surface area contributed by atoms with E-state index in [1.165, 1.54) is 0 Å². The number of anilines is 2. The summed E-state index contributed by atoms with van der Waals surface area (Å²) in [5, 5.41) is 4.21. The van der Waals surface area contributed by atoms with Gasteiger partial charge in [-0.25, -0.2) is 4.98 Å². The van der Waals surface area contributed by atoms with Crippen molar-refractivity contribution in [3.05, 3.63) is 17.3 Å².